The summed E-state index contributed by atoms with van der Waals surface area (Å²) in [5.41, 5.74) is 7.15. The van der Waals surface area contributed by atoms with Gasteiger partial charge in [-0.15, -0.1) is 0 Å². The van der Waals surface area contributed by atoms with E-state index in [-0.39, 0.29) is 16.1 Å². The summed E-state index contributed by atoms with van der Waals surface area (Å²) in [6, 6.07) is 7.25. The van der Waals surface area contributed by atoms with Gasteiger partial charge in [-0.1, -0.05) is 0 Å². The molecule has 0 unspecified atom stereocenters. The highest BCUT2D eigenvalue weighted by molar-refractivity contribution is 9.10. The number of rotatable bonds is 2. The lowest BCUT2D eigenvalue weighted by Gasteiger charge is -2.09. The lowest BCUT2D eigenvalue weighted by Crippen LogP contribution is -2.03. The average Bonchev–Trinajstić information content (AvgIpc) is 2.77. The van der Waals surface area contributed by atoms with Gasteiger partial charge in [-0.25, -0.2) is 13.8 Å². The number of nitrogens with two attached hydrogens (primary N) is 1. The first-order valence-corrected chi connectivity index (χ1v) is 6.77. The summed E-state index contributed by atoms with van der Waals surface area (Å²) in [4.78, 5) is 4.18. The Hall–Kier alpha value is -2.15. The highest BCUT2D eigenvalue weighted by Crippen LogP contribution is 2.30. The molecule has 2 N–H and O–H groups in total. The Balaban J connectivity index is 2.30. The van der Waals surface area contributed by atoms with Crippen LogP contribution in [-0.4, -0.2) is 16.7 Å². The van der Waals surface area contributed by atoms with Crippen LogP contribution in [0.4, 0.5) is 14.7 Å². The lowest BCUT2D eigenvalue weighted by molar-refractivity contribution is 0.415. The zero-order valence-corrected chi connectivity index (χ0v) is 12.5. The minimum atomic E-state index is -0.725. The summed E-state index contributed by atoms with van der Waals surface area (Å²) in [5.74, 6) is -0.679. The van der Waals surface area contributed by atoms with Gasteiger partial charge in [-0.2, -0.15) is 0 Å². The van der Waals surface area contributed by atoms with Crippen molar-refractivity contribution in [2.75, 3.05) is 12.8 Å². The summed E-state index contributed by atoms with van der Waals surface area (Å²) in [7, 11) is 1.54. The Bertz CT molecular complexity index is 848. The van der Waals surface area contributed by atoms with E-state index in [9.17, 15) is 8.78 Å². The van der Waals surface area contributed by atoms with Gasteiger partial charge in [-0.3, -0.25) is 4.57 Å². The van der Waals surface area contributed by atoms with Crippen molar-refractivity contribution in [3.63, 3.8) is 0 Å². The largest absolute Gasteiger partial charge is 0.497 e. The molecule has 0 amide bonds. The third kappa shape index (κ3) is 2.23. The predicted molar refractivity (Wildman–Crippen MR) is 79.7 cm³/mol. The molecule has 1 heterocycles. The van der Waals surface area contributed by atoms with Crippen LogP contribution in [0.1, 0.15) is 0 Å². The zero-order valence-electron chi connectivity index (χ0n) is 10.9. The first-order valence-electron chi connectivity index (χ1n) is 5.98. The molecule has 3 rings (SSSR count). The number of nitrogens with zero attached hydrogens (tertiary/aromatic N) is 2. The number of nitrogen functional groups attached to an aromatic ring is 1. The number of benzene rings is 2. The second-order valence-electron chi connectivity index (χ2n) is 4.38. The van der Waals surface area contributed by atoms with Crippen LogP contribution in [-0.2, 0) is 0 Å². The molecule has 108 valence electrons. The molecule has 1 aromatic heterocycles. The molecule has 0 aliphatic carbocycles. The molecule has 0 bridgehead atoms. The van der Waals surface area contributed by atoms with Gasteiger partial charge in [0.1, 0.15) is 17.4 Å². The summed E-state index contributed by atoms with van der Waals surface area (Å²) >= 11 is 3.04. The summed E-state index contributed by atoms with van der Waals surface area (Å²) in [5, 5.41) is 0. The monoisotopic (exact) mass is 353 g/mol. The van der Waals surface area contributed by atoms with Crippen LogP contribution >= 0.6 is 15.9 Å². The molecular formula is C14H10BrF2N3O. The van der Waals surface area contributed by atoms with Crippen LogP contribution in [0.3, 0.4) is 0 Å². The fraction of sp³-hybridized carbons (Fsp3) is 0.0714. The number of hydrogen-bond donors (Lipinski definition) is 1. The second kappa shape index (κ2) is 5.00. The molecular weight excluding hydrogens is 344 g/mol. The van der Waals surface area contributed by atoms with Gasteiger partial charge in [0.25, 0.3) is 0 Å². The van der Waals surface area contributed by atoms with E-state index in [0.29, 0.717) is 16.8 Å². The Morgan fingerprint density at radius 2 is 1.95 bits per heavy atom. The van der Waals surface area contributed by atoms with Crippen LogP contribution < -0.4 is 10.5 Å². The highest BCUT2D eigenvalue weighted by atomic mass is 79.9. The fourth-order valence-corrected chi connectivity index (χ4v) is 2.47. The molecule has 0 saturated heterocycles. The number of fused-ring (bicyclic) bond motifs is 1. The molecule has 0 aliphatic rings. The van der Waals surface area contributed by atoms with Crippen molar-refractivity contribution < 1.29 is 13.5 Å². The number of methoxy groups -OCH3 is 1. The van der Waals surface area contributed by atoms with Crippen molar-refractivity contribution in [2.24, 2.45) is 0 Å². The first kappa shape index (κ1) is 13.8. The average molecular weight is 354 g/mol. The molecule has 0 saturated carbocycles. The number of halogens is 3. The maximum absolute atomic E-state index is 14.1. The smallest absolute Gasteiger partial charge is 0.206 e. The van der Waals surface area contributed by atoms with E-state index >= 15 is 0 Å². The van der Waals surface area contributed by atoms with E-state index in [4.69, 9.17) is 10.5 Å². The normalized spacial score (nSPS) is 11.0. The van der Waals surface area contributed by atoms with Crippen LogP contribution in [0.5, 0.6) is 5.75 Å². The molecule has 0 atom stereocenters. The maximum Gasteiger partial charge on any atom is 0.206 e. The predicted octanol–water partition coefficient (Wildman–Crippen LogP) is 3.66. The highest BCUT2D eigenvalue weighted by Gasteiger charge is 2.16. The van der Waals surface area contributed by atoms with Crippen molar-refractivity contribution in [1.29, 1.82) is 0 Å². The fourth-order valence-electron chi connectivity index (χ4n) is 2.14. The van der Waals surface area contributed by atoms with Crippen molar-refractivity contribution in [1.82, 2.24) is 9.55 Å². The van der Waals surface area contributed by atoms with Crippen LogP contribution in [0.15, 0.2) is 34.8 Å². The Kier molecular flexibility index (Phi) is 3.29. The van der Waals surface area contributed by atoms with Crippen LogP contribution in [0.25, 0.3) is 16.7 Å². The van der Waals surface area contributed by atoms with E-state index in [1.165, 1.54) is 17.7 Å². The van der Waals surface area contributed by atoms with Crippen molar-refractivity contribution in [3.05, 3.63) is 46.4 Å². The maximum atomic E-state index is 14.1. The molecule has 7 heteroatoms. The van der Waals surface area contributed by atoms with Gasteiger partial charge in [-0.05, 0) is 34.1 Å². The van der Waals surface area contributed by atoms with E-state index in [1.54, 1.807) is 18.2 Å². The number of anilines is 1. The number of ether oxygens (including phenoxy) is 1. The second-order valence-corrected chi connectivity index (χ2v) is 5.23. The van der Waals surface area contributed by atoms with Crippen molar-refractivity contribution in [3.8, 4) is 11.4 Å². The molecule has 21 heavy (non-hydrogen) atoms. The molecule has 2 aromatic carbocycles. The van der Waals surface area contributed by atoms with Gasteiger partial charge < -0.3 is 10.5 Å². The van der Waals surface area contributed by atoms with Crippen LogP contribution in [0, 0.1) is 11.6 Å². The van der Waals surface area contributed by atoms with Gasteiger partial charge in [0.15, 0.2) is 0 Å². The Morgan fingerprint density at radius 1 is 1.19 bits per heavy atom. The van der Waals surface area contributed by atoms with Gasteiger partial charge in [0, 0.05) is 12.1 Å². The minimum Gasteiger partial charge on any atom is -0.497 e. The third-order valence-electron chi connectivity index (χ3n) is 3.12. The zero-order chi connectivity index (χ0) is 15.1. The SMILES string of the molecule is COc1ccc2c(c1)nc(N)n2-c1cc(Br)c(F)cc1F. The molecule has 0 radical (unpaired) electrons. The number of imidazole rings is 1. The Labute approximate surface area is 127 Å². The Morgan fingerprint density at radius 3 is 2.67 bits per heavy atom. The quantitative estimate of drug-likeness (QED) is 0.715. The molecule has 0 aliphatic heterocycles. The topological polar surface area (TPSA) is 53.1 Å². The standard InChI is InChI=1S/C14H10BrF2N3O/c1-21-7-2-3-12-11(4-7)19-14(18)20(12)13-5-8(15)9(16)6-10(13)17/h2-6H,1H3,(H2,18,19). The van der Waals surface area contributed by atoms with Gasteiger partial charge in [0.05, 0.1) is 28.3 Å². The number of aromatic nitrogens is 2. The van der Waals surface area contributed by atoms with E-state index < -0.39 is 11.6 Å². The molecule has 0 spiro atoms. The molecule has 4 nitrogen and oxygen atoms in total. The van der Waals surface area contributed by atoms with Gasteiger partial charge in [0.2, 0.25) is 5.95 Å². The summed E-state index contributed by atoms with van der Waals surface area (Å²) in [6.07, 6.45) is 0. The van der Waals surface area contributed by atoms with E-state index in [0.717, 1.165) is 6.07 Å². The number of hydrogen-bond acceptors (Lipinski definition) is 3. The van der Waals surface area contributed by atoms with E-state index in [1.807, 2.05) is 0 Å². The lowest BCUT2D eigenvalue weighted by atomic mass is 10.2. The van der Waals surface area contributed by atoms with E-state index in [2.05, 4.69) is 20.9 Å². The first-order chi connectivity index (χ1) is 10.0. The molecule has 0 fully saturated rings. The minimum absolute atomic E-state index is 0.107. The summed E-state index contributed by atoms with van der Waals surface area (Å²) < 4.78 is 34.1. The third-order valence-corrected chi connectivity index (χ3v) is 3.73. The summed E-state index contributed by atoms with van der Waals surface area (Å²) in [6.45, 7) is 0. The van der Waals surface area contributed by atoms with Gasteiger partial charge >= 0.3 is 0 Å². The van der Waals surface area contributed by atoms with Crippen molar-refractivity contribution >= 4 is 32.9 Å². The molecule has 3 aromatic rings. The van der Waals surface area contributed by atoms with Crippen molar-refractivity contribution in [2.45, 2.75) is 0 Å². The van der Waals surface area contributed by atoms with Crippen LogP contribution in [0.2, 0.25) is 0 Å².